The van der Waals surface area contributed by atoms with Crippen LogP contribution in [-0.4, -0.2) is 20.5 Å². The van der Waals surface area contributed by atoms with E-state index in [9.17, 15) is 18.0 Å². The first-order valence-electron chi connectivity index (χ1n) is 10.9. The molecule has 0 atom stereocenters. The molecular formula is C27H18ClF3N4O. The SMILES string of the molecule is O=C(NCc1cccc(C(F)(F)F)c1)c1cc(-c2ccccc2Cl)nc2cc(-c3ccccc3)nn12. The molecule has 1 N–H and O–H groups in total. The van der Waals surface area contributed by atoms with E-state index in [2.05, 4.69) is 15.4 Å². The van der Waals surface area contributed by atoms with Gasteiger partial charge in [-0.15, -0.1) is 0 Å². The number of rotatable bonds is 5. The van der Waals surface area contributed by atoms with Gasteiger partial charge in [0.2, 0.25) is 0 Å². The normalized spacial score (nSPS) is 11.6. The van der Waals surface area contributed by atoms with Crippen molar-refractivity contribution in [2.45, 2.75) is 12.7 Å². The van der Waals surface area contributed by atoms with Crippen molar-refractivity contribution >= 4 is 23.2 Å². The highest BCUT2D eigenvalue weighted by Gasteiger charge is 2.30. The van der Waals surface area contributed by atoms with E-state index in [1.54, 1.807) is 30.3 Å². The summed E-state index contributed by atoms with van der Waals surface area (Å²) in [5, 5.41) is 7.74. The third kappa shape index (κ3) is 4.81. The van der Waals surface area contributed by atoms with Gasteiger partial charge in [0, 0.05) is 28.8 Å². The monoisotopic (exact) mass is 506 g/mol. The fourth-order valence-corrected chi connectivity index (χ4v) is 4.06. The second kappa shape index (κ2) is 9.47. The van der Waals surface area contributed by atoms with E-state index >= 15 is 0 Å². The number of carbonyl (C=O) groups is 1. The van der Waals surface area contributed by atoms with E-state index in [0.29, 0.717) is 33.2 Å². The lowest BCUT2D eigenvalue weighted by Crippen LogP contribution is -2.26. The van der Waals surface area contributed by atoms with Gasteiger partial charge in [0.1, 0.15) is 5.69 Å². The Labute approximate surface area is 209 Å². The molecule has 0 fully saturated rings. The summed E-state index contributed by atoms with van der Waals surface area (Å²) < 4.78 is 40.6. The number of halogens is 4. The van der Waals surface area contributed by atoms with Gasteiger partial charge in [-0.25, -0.2) is 9.50 Å². The first-order chi connectivity index (χ1) is 17.3. The van der Waals surface area contributed by atoms with Gasteiger partial charge in [0.25, 0.3) is 5.91 Å². The summed E-state index contributed by atoms with van der Waals surface area (Å²) in [5.41, 5.74) is 2.71. The van der Waals surface area contributed by atoms with Crippen LogP contribution in [0.3, 0.4) is 0 Å². The van der Waals surface area contributed by atoms with Crippen LogP contribution in [0.5, 0.6) is 0 Å². The average molecular weight is 507 g/mol. The van der Waals surface area contributed by atoms with Crippen LogP contribution in [0, 0.1) is 0 Å². The van der Waals surface area contributed by atoms with Crippen molar-refractivity contribution in [2.75, 3.05) is 0 Å². The molecule has 1 amide bonds. The first kappa shape index (κ1) is 23.6. The molecule has 0 radical (unpaired) electrons. The van der Waals surface area contributed by atoms with Gasteiger partial charge >= 0.3 is 6.18 Å². The van der Waals surface area contributed by atoms with Gasteiger partial charge in [0.15, 0.2) is 5.65 Å². The molecule has 180 valence electrons. The summed E-state index contributed by atoms with van der Waals surface area (Å²) in [4.78, 5) is 17.9. The summed E-state index contributed by atoms with van der Waals surface area (Å²) in [5.74, 6) is -0.518. The summed E-state index contributed by atoms with van der Waals surface area (Å²) in [6.45, 7) is -0.0964. The molecule has 5 aromatic rings. The molecule has 2 aromatic heterocycles. The number of hydrogen-bond donors (Lipinski definition) is 1. The Morgan fingerprint density at radius 2 is 1.64 bits per heavy atom. The number of fused-ring (bicyclic) bond motifs is 1. The molecule has 9 heteroatoms. The Morgan fingerprint density at radius 1 is 0.889 bits per heavy atom. The zero-order valence-electron chi connectivity index (χ0n) is 18.6. The number of benzene rings is 3. The first-order valence-corrected chi connectivity index (χ1v) is 11.3. The number of nitrogens with zero attached hydrogens (tertiary/aromatic N) is 3. The Kier molecular flexibility index (Phi) is 6.20. The molecule has 0 unspecified atom stereocenters. The van der Waals surface area contributed by atoms with Crippen molar-refractivity contribution in [2.24, 2.45) is 0 Å². The molecule has 0 spiro atoms. The number of carbonyl (C=O) groups excluding carboxylic acids is 1. The smallest absolute Gasteiger partial charge is 0.347 e. The second-order valence-corrected chi connectivity index (χ2v) is 8.46. The highest BCUT2D eigenvalue weighted by atomic mass is 35.5. The van der Waals surface area contributed by atoms with E-state index in [4.69, 9.17) is 11.6 Å². The zero-order valence-corrected chi connectivity index (χ0v) is 19.4. The number of nitrogens with one attached hydrogen (secondary N) is 1. The Morgan fingerprint density at radius 3 is 2.39 bits per heavy atom. The largest absolute Gasteiger partial charge is 0.416 e. The lowest BCUT2D eigenvalue weighted by Gasteiger charge is -2.11. The molecule has 0 saturated carbocycles. The van der Waals surface area contributed by atoms with Gasteiger partial charge in [-0.05, 0) is 29.8 Å². The fourth-order valence-electron chi connectivity index (χ4n) is 3.82. The molecule has 36 heavy (non-hydrogen) atoms. The average Bonchev–Trinajstić information content (AvgIpc) is 3.31. The summed E-state index contributed by atoms with van der Waals surface area (Å²) in [6, 6.07) is 24.7. The molecule has 0 bridgehead atoms. The predicted molar refractivity (Wildman–Crippen MR) is 131 cm³/mol. The molecule has 0 aliphatic rings. The second-order valence-electron chi connectivity index (χ2n) is 8.05. The van der Waals surface area contributed by atoms with Gasteiger partial charge in [-0.2, -0.15) is 18.3 Å². The predicted octanol–water partition coefficient (Wildman–Crippen LogP) is 6.67. The van der Waals surface area contributed by atoms with Crippen LogP contribution in [0.15, 0.2) is 91.0 Å². The van der Waals surface area contributed by atoms with Crippen molar-refractivity contribution in [3.05, 3.63) is 113 Å². The van der Waals surface area contributed by atoms with E-state index in [0.717, 1.165) is 17.7 Å². The van der Waals surface area contributed by atoms with Crippen molar-refractivity contribution in [3.63, 3.8) is 0 Å². The third-order valence-corrected chi connectivity index (χ3v) is 5.92. The van der Waals surface area contributed by atoms with Crippen LogP contribution >= 0.6 is 11.6 Å². The standard InChI is InChI=1S/C27H18ClF3N4O/c28-21-12-5-4-11-20(21)23-14-24(26(36)32-16-17-7-6-10-19(13-17)27(29,30)31)35-25(33-23)15-22(34-35)18-8-2-1-3-9-18/h1-15H,16H2,(H,32,36). The molecule has 5 rings (SSSR count). The fraction of sp³-hybridized carbons (Fsp3) is 0.0741. The lowest BCUT2D eigenvalue weighted by molar-refractivity contribution is -0.137. The number of hydrogen-bond acceptors (Lipinski definition) is 3. The molecule has 0 saturated heterocycles. The highest BCUT2D eigenvalue weighted by molar-refractivity contribution is 6.33. The lowest BCUT2D eigenvalue weighted by atomic mass is 10.1. The Balaban J connectivity index is 1.54. The molecular weight excluding hydrogens is 489 g/mol. The van der Waals surface area contributed by atoms with E-state index in [1.807, 2.05) is 36.4 Å². The van der Waals surface area contributed by atoms with Crippen LogP contribution in [0.25, 0.3) is 28.2 Å². The zero-order chi connectivity index (χ0) is 25.3. The van der Waals surface area contributed by atoms with Gasteiger partial charge in [-0.1, -0.05) is 72.3 Å². The van der Waals surface area contributed by atoms with Crippen LogP contribution in [0.1, 0.15) is 21.6 Å². The van der Waals surface area contributed by atoms with E-state index in [-0.39, 0.29) is 12.2 Å². The molecule has 0 aliphatic carbocycles. The third-order valence-electron chi connectivity index (χ3n) is 5.59. The summed E-state index contributed by atoms with van der Waals surface area (Å²) >= 11 is 6.38. The number of aromatic nitrogens is 3. The van der Waals surface area contributed by atoms with E-state index < -0.39 is 17.6 Å². The van der Waals surface area contributed by atoms with Crippen LogP contribution in [0.4, 0.5) is 13.2 Å². The Hall–Kier alpha value is -4.17. The molecule has 2 heterocycles. The summed E-state index contributed by atoms with van der Waals surface area (Å²) in [6.07, 6.45) is -4.47. The van der Waals surface area contributed by atoms with Gasteiger partial charge < -0.3 is 5.32 Å². The minimum absolute atomic E-state index is 0.0964. The van der Waals surface area contributed by atoms with Crippen molar-refractivity contribution in [1.82, 2.24) is 19.9 Å². The van der Waals surface area contributed by atoms with Crippen LogP contribution in [-0.2, 0) is 12.7 Å². The van der Waals surface area contributed by atoms with Crippen molar-refractivity contribution < 1.29 is 18.0 Å². The van der Waals surface area contributed by atoms with Crippen molar-refractivity contribution in [1.29, 1.82) is 0 Å². The maximum atomic E-state index is 13.3. The minimum atomic E-state index is -4.47. The maximum Gasteiger partial charge on any atom is 0.416 e. The Bertz CT molecular complexity index is 1560. The van der Waals surface area contributed by atoms with Gasteiger partial charge in [-0.3, -0.25) is 4.79 Å². The van der Waals surface area contributed by atoms with Crippen molar-refractivity contribution in [3.8, 4) is 22.5 Å². The van der Waals surface area contributed by atoms with E-state index in [1.165, 1.54) is 16.6 Å². The number of alkyl halides is 3. The number of amides is 1. The van der Waals surface area contributed by atoms with Crippen LogP contribution < -0.4 is 5.32 Å². The summed E-state index contributed by atoms with van der Waals surface area (Å²) in [7, 11) is 0. The molecule has 3 aromatic carbocycles. The van der Waals surface area contributed by atoms with Crippen LogP contribution in [0.2, 0.25) is 5.02 Å². The molecule has 5 nitrogen and oxygen atoms in total. The maximum absolute atomic E-state index is 13.3. The molecule has 0 aliphatic heterocycles. The van der Waals surface area contributed by atoms with Gasteiger partial charge in [0.05, 0.1) is 17.0 Å². The highest BCUT2D eigenvalue weighted by Crippen LogP contribution is 2.30. The topological polar surface area (TPSA) is 59.3 Å². The quantitative estimate of drug-likeness (QED) is 0.290. The minimum Gasteiger partial charge on any atom is -0.347 e.